The van der Waals surface area contributed by atoms with Crippen molar-refractivity contribution in [1.82, 2.24) is 5.32 Å². The lowest BCUT2D eigenvalue weighted by atomic mass is 9.93. The van der Waals surface area contributed by atoms with Crippen molar-refractivity contribution in [2.75, 3.05) is 12.8 Å². The summed E-state index contributed by atoms with van der Waals surface area (Å²) in [6.45, 7) is 9.30. The highest BCUT2D eigenvalue weighted by molar-refractivity contribution is 7.99. The molecule has 154 valence electrons. The summed E-state index contributed by atoms with van der Waals surface area (Å²) >= 11 is 1.65. The van der Waals surface area contributed by atoms with Crippen LogP contribution < -0.4 is 5.32 Å². The van der Waals surface area contributed by atoms with Gasteiger partial charge >= 0.3 is 0 Å². The summed E-state index contributed by atoms with van der Waals surface area (Å²) in [6.07, 6.45) is 9.19. The van der Waals surface area contributed by atoms with Gasteiger partial charge in [0, 0.05) is 17.7 Å². The number of aromatic hydroxyl groups is 1. The Morgan fingerprint density at radius 3 is 2.22 bits per heavy atom. The van der Waals surface area contributed by atoms with Gasteiger partial charge in [0.25, 0.3) is 5.91 Å². The highest BCUT2D eigenvalue weighted by Gasteiger charge is 2.14. The molecule has 0 heterocycles. The average molecular weight is 394 g/mol. The van der Waals surface area contributed by atoms with E-state index in [1.54, 1.807) is 24.9 Å². The summed E-state index contributed by atoms with van der Waals surface area (Å²) in [5, 5.41) is 12.9. The molecule has 3 atom stereocenters. The zero-order valence-corrected chi connectivity index (χ0v) is 18.7. The molecular weight excluding hydrogens is 354 g/mol. The molecule has 0 aliphatic heterocycles. The number of amides is 1. The maximum Gasteiger partial charge on any atom is 0.254 e. The number of carbonyl (C=O) groups excluding carboxylic acids is 1. The van der Waals surface area contributed by atoms with Crippen molar-refractivity contribution in [3.05, 3.63) is 23.8 Å². The summed E-state index contributed by atoms with van der Waals surface area (Å²) in [4.78, 5) is 12.6. The normalized spacial score (nSPS) is 14.6. The Bertz CT molecular complexity index is 561. The van der Waals surface area contributed by atoms with E-state index >= 15 is 0 Å². The van der Waals surface area contributed by atoms with Crippen molar-refractivity contribution < 1.29 is 9.90 Å². The first-order valence-corrected chi connectivity index (χ1v) is 11.5. The number of nitrogens with one attached hydrogen (secondary N) is 1. The fourth-order valence-corrected chi connectivity index (χ4v) is 4.30. The number of rotatable bonds is 13. The van der Waals surface area contributed by atoms with Crippen LogP contribution in [0.15, 0.2) is 23.1 Å². The van der Waals surface area contributed by atoms with E-state index in [2.05, 4.69) is 33.0 Å². The Morgan fingerprint density at radius 2 is 1.63 bits per heavy atom. The van der Waals surface area contributed by atoms with E-state index < -0.39 is 0 Å². The van der Waals surface area contributed by atoms with Gasteiger partial charge in [0.05, 0.1) is 5.56 Å². The first-order chi connectivity index (χ1) is 12.9. The van der Waals surface area contributed by atoms with Crippen LogP contribution in [0.4, 0.5) is 0 Å². The zero-order valence-electron chi connectivity index (χ0n) is 17.9. The molecule has 0 aliphatic carbocycles. The summed E-state index contributed by atoms with van der Waals surface area (Å²) in [7, 11) is 1.58. The van der Waals surface area contributed by atoms with Crippen LogP contribution >= 0.6 is 11.8 Å². The smallest absolute Gasteiger partial charge is 0.254 e. The second-order valence-electron chi connectivity index (χ2n) is 8.13. The van der Waals surface area contributed by atoms with Gasteiger partial charge in [-0.05, 0) is 36.3 Å². The third kappa shape index (κ3) is 9.05. The molecule has 0 fully saturated rings. The van der Waals surface area contributed by atoms with E-state index in [0.29, 0.717) is 11.5 Å². The minimum Gasteiger partial charge on any atom is -0.506 e. The molecule has 0 bridgehead atoms. The molecular formula is C23H39NO2S. The van der Waals surface area contributed by atoms with E-state index in [9.17, 15) is 9.90 Å². The lowest BCUT2D eigenvalue weighted by Gasteiger charge is -2.16. The third-order valence-electron chi connectivity index (χ3n) is 5.48. The third-order valence-corrected chi connectivity index (χ3v) is 6.85. The number of phenolic OH excluding ortho intramolecular Hbond substituents is 1. The van der Waals surface area contributed by atoms with Crippen molar-refractivity contribution in [3.63, 3.8) is 0 Å². The zero-order chi connectivity index (χ0) is 20.2. The number of carbonyl (C=O) groups is 1. The Hall–Kier alpha value is -1.16. The number of thioether (sulfide) groups is 1. The summed E-state index contributed by atoms with van der Waals surface area (Å²) in [5.74, 6) is 3.11. The highest BCUT2D eigenvalue weighted by Crippen LogP contribution is 2.33. The molecule has 2 N–H and O–H groups in total. The SMILES string of the molecule is CCC(C)CCCC(C)CCCC(C)CSc1cccc(C(=O)NC)c1O. The molecule has 27 heavy (non-hydrogen) atoms. The topological polar surface area (TPSA) is 49.3 Å². The van der Waals surface area contributed by atoms with E-state index in [1.165, 1.54) is 44.9 Å². The van der Waals surface area contributed by atoms with Crippen LogP contribution in [-0.2, 0) is 0 Å². The van der Waals surface area contributed by atoms with Crippen LogP contribution in [0.1, 0.15) is 83.0 Å². The molecule has 1 rings (SSSR count). The van der Waals surface area contributed by atoms with Crippen molar-refractivity contribution >= 4 is 17.7 Å². The standard InChI is InChI=1S/C23H39NO2S/c1-6-17(2)10-7-11-18(3)12-8-13-19(4)16-27-21-15-9-14-20(22(21)25)23(26)24-5/h9,14-15,17-19,25H,6-8,10-13,16H2,1-5H3,(H,24,26). The predicted octanol–water partition coefficient (Wildman–Crippen LogP) is 6.50. The van der Waals surface area contributed by atoms with Crippen molar-refractivity contribution in [3.8, 4) is 5.75 Å². The molecule has 1 aromatic carbocycles. The Kier molecular flexibility index (Phi) is 11.6. The van der Waals surface area contributed by atoms with Crippen LogP contribution in [0.5, 0.6) is 5.75 Å². The minimum absolute atomic E-state index is 0.101. The number of phenols is 1. The van der Waals surface area contributed by atoms with E-state index in [1.807, 2.05) is 12.1 Å². The molecule has 0 spiro atoms. The average Bonchev–Trinajstić information content (AvgIpc) is 2.66. The fourth-order valence-electron chi connectivity index (χ4n) is 3.25. The number of para-hydroxylation sites is 1. The van der Waals surface area contributed by atoms with Crippen LogP contribution in [0.3, 0.4) is 0 Å². The highest BCUT2D eigenvalue weighted by atomic mass is 32.2. The second kappa shape index (κ2) is 13.1. The van der Waals surface area contributed by atoms with Crippen LogP contribution in [0, 0.1) is 17.8 Å². The molecule has 0 saturated carbocycles. The Balaban J connectivity index is 2.30. The van der Waals surface area contributed by atoms with Crippen molar-refractivity contribution in [2.45, 2.75) is 77.5 Å². The largest absolute Gasteiger partial charge is 0.506 e. The monoisotopic (exact) mass is 393 g/mol. The molecule has 0 radical (unpaired) electrons. The number of hydrogen-bond donors (Lipinski definition) is 2. The Labute approximate surface area is 170 Å². The van der Waals surface area contributed by atoms with Crippen LogP contribution in [-0.4, -0.2) is 23.8 Å². The van der Waals surface area contributed by atoms with E-state index in [0.717, 1.165) is 22.5 Å². The summed E-state index contributed by atoms with van der Waals surface area (Å²) < 4.78 is 0. The van der Waals surface area contributed by atoms with Gasteiger partial charge in [-0.25, -0.2) is 0 Å². The van der Waals surface area contributed by atoms with Crippen molar-refractivity contribution in [2.24, 2.45) is 17.8 Å². The molecule has 1 amide bonds. The first kappa shape index (κ1) is 23.9. The molecule has 1 aromatic rings. The lowest BCUT2D eigenvalue weighted by molar-refractivity contribution is 0.0960. The van der Waals surface area contributed by atoms with Gasteiger partial charge in [-0.15, -0.1) is 11.8 Å². The summed E-state index contributed by atoms with van der Waals surface area (Å²) in [5.41, 5.74) is 0.348. The van der Waals surface area contributed by atoms with Gasteiger partial charge in [-0.1, -0.05) is 72.3 Å². The van der Waals surface area contributed by atoms with Gasteiger partial charge < -0.3 is 10.4 Å². The number of benzene rings is 1. The quantitative estimate of drug-likeness (QED) is 0.376. The molecule has 3 nitrogen and oxygen atoms in total. The number of hydrogen-bond acceptors (Lipinski definition) is 3. The molecule has 0 saturated heterocycles. The molecule has 0 aromatic heterocycles. The van der Waals surface area contributed by atoms with E-state index in [4.69, 9.17) is 0 Å². The van der Waals surface area contributed by atoms with Gasteiger partial charge in [0.15, 0.2) is 0 Å². The maximum absolute atomic E-state index is 11.8. The van der Waals surface area contributed by atoms with Gasteiger partial charge in [0.2, 0.25) is 0 Å². The van der Waals surface area contributed by atoms with Gasteiger partial charge in [-0.3, -0.25) is 4.79 Å². The second-order valence-corrected chi connectivity index (χ2v) is 9.19. The molecule has 0 aliphatic rings. The minimum atomic E-state index is -0.245. The molecule has 4 heteroatoms. The Morgan fingerprint density at radius 1 is 1.04 bits per heavy atom. The molecule has 3 unspecified atom stereocenters. The van der Waals surface area contributed by atoms with Gasteiger partial charge in [-0.2, -0.15) is 0 Å². The fraction of sp³-hybridized carbons (Fsp3) is 0.696. The summed E-state index contributed by atoms with van der Waals surface area (Å²) in [6, 6.07) is 5.38. The van der Waals surface area contributed by atoms with Crippen molar-refractivity contribution in [1.29, 1.82) is 0 Å². The van der Waals surface area contributed by atoms with E-state index in [-0.39, 0.29) is 11.7 Å². The lowest BCUT2D eigenvalue weighted by Crippen LogP contribution is -2.17. The first-order valence-electron chi connectivity index (χ1n) is 10.6. The van der Waals surface area contributed by atoms with Crippen LogP contribution in [0.2, 0.25) is 0 Å². The van der Waals surface area contributed by atoms with Crippen LogP contribution in [0.25, 0.3) is 0 Å². The van der Waals surface area contributed by atoms with Gasteiger partial charge in [0.1, 0.15) is 5.75 Å². The predicted molar refractivity (Wildman–Crippen MR) is 118 cm³/mol. The maximum atomic E-state index is 11.8.